The predicted octanol–water partition coefficient (Wildman–Crippen LogP) is 1.66. The lowest BCUT2D eigenvalue weighted by Gasteiger charge is -2.33. The summed E-state index contributed by atoms with van der Waals surface area (Å²) in [4.78, 5) is 24.4. The topological polar surface area (TPSA) is 99.8 Å². The minimum Gasteiger partial charge on any atom is -0.347 e. The molecule has 26 heavy (non-hydrogen) atoms. The van der Waals surface area contributed by atoms with E-state index >= 15 is 0 Å². The summed E-state index contributed by atoms with van der Waals surface area (Å²) in [6.07, 6.45) is 2.43. The Bertz CT molecular complexity index is 886. The van der Waals surface area contributed by atoms with E-state index in [0.717, 1.165) is 11.8 Å². The van der Waals surface area contributed by atoms with Crippen molar-refractivity contribution in [1.82, 2.24) is 20.4 Å². The van der Waals surface area contributed by atoms with Gasteiger partial charge in [0.25, 0.3) is 5.91 Å². The Hall–Kier alpha value is -3.21. The van der Waals surface area contributed by atoms with Crippen LogP contribution in [0.5, 0.6) is 0 Å². The van der Waals surface area contributed by atoms with Gasteiger partial charge in [0, 0.05) is 24.7 Å². The molecular formula is C18H18FN5O2. The number of amides is 2. The Morgan fingerprint density at radius 3 is 3.04 bits per heavy atom. The molecule has 2 unspecified atom stereocenters. The van der Waals surface area contributed by atoms with Crippen LogP contribution in [0, 0.1) is 17.1 Å². The summed E-state index contributed by atoms with van der Waals surface area (Å²) in [6.45, 7) is 2.58. The first-order valence-electron chi connectivity index (χ1n) is 8.35. The largest absolute Gasteiger partial charge is 0.347 e. The van der Waals surface area contributed by atoms with Crippen LogP contribution < -0.4 is 10.6 Å². The molecule has 3 rings (SSSR count). The van der Waals surface area contributed by atoms with Crippen LogP contribution in [0.2, 0.25) is 0 Å². The Morgan fingerprint density at radius 1 is 1.50 bits per heavy atom. The van der Waals surface area contributed by atoms with E-state index < -0.39 is 17.8 Å². The second kappa shape index (κ2) is 7.35. The summed E-state index contributed by atoms with van der Waals surface area (Å²) in [7, 11) is 0. The number of aromatic nitrogens is 2. The molecule has 134 valence electrons. The molecule has 2 amide bonds. The van der Waals surface area contributed by atoms with Crippen LogP contribution in [0.1, 0.15) is 47.4 Å². The molecule has 8 heteroatoms. The number of hydrogen-bond donors (Lipinski definition) is 2. The Morgan fingerprint density at radius 2 is 2.31 bits per heavy atom. The number of rotatable bonds is 4. The smallest absolute Gasteiger partial charge is 0.251 e. The number of nitrogens with zero attached hydrogens (tertiary/aromatic N) is 3. The SMILES string of the molecule is CCn1nccc1C1NC(=O)CCC1NC(=O)c1ccc(F)c(C#N)c1. The average molecular weight is 355 g/mol. The number of halogens is 1. The highest BCUT2D eigenvalue weighted by Gasteiger charge is 2.33. The molecule has 1 aromatic carbocycles. The first kappa shape index (κ1) is 17.6. The van der Waals surface area contributed by atoms with Gasteiger partial charge >= 0.3 is 0 Å². The third-order valence-electron chi connectivity index (χ3n) is 4.43. The van der Waals surface area contributed by atoms with Crippen molar-refractivity contribution in [2.75, 3.05) is 0 Å². The van der Waals surface area contributed by atoms with Gasteiger partial charge in [0.1, 0.15) is 11.9 Å². The maximum Gasteiger partial charge on any atom is 0.251 e. The average Bonchev–Trinajstić information content (AvgIpc) is 3.12. The van der Waals surface area contributed by atoms with E-state index in [1.165, 1.54) is 12.1 Å². The van der Waals surface area contributed by atoms with Gasteiger partial charge in [-0.2, -0.15) is 10.4 Å². The monoisotopic (exact) mass is 355 g/mol. The highest BCUT2D eigenvalue weighted by atomic mass is 19.1. The zero-order chi connectivity index (χ0) is 18.7. The molecule has 2 atom stereocenters. The number of nitrogens with one attached hydrogen (secondary N) is 2. The van der Waals surface area contributed by atoms with Crippen molar-refractivity contribution in [3.05, 3.63) is 53.1 Å². The summed E-state index contributed by atoms with van der Waals surface area (Å²) in [5, 5.41) is 18.9. The molecule has 0 saturated carbocycles. The van der Waals surface area contributed by atoms with Crippen LogP contribution >= 0.6 is 0 Å². The van der Waals surface area contributed by atoms with E-state index in [0.29, 0.717) is 19.4 Å². The Labute approximate surface area is 149 Å². The van der Waals surface area contributed by atoms with Gasteiger partial charge in [-0.15, -0.1) is 0 Å². The van der Waals surface area contributed by atoms with Gasteiger partial charge in [-0.3, -0.25) is 14.3 Å². The van der Waals surface area contributed by atoms with Crippen LogP contribution in [-0.4, -0.2) is 27.6 Å². The van der Waals surface area contributed by atoms with Crippen molar-refractivity contribution in [2.24, 2.45) is 0 Å². The second-order valence-electron chi connectivity index (χ2n) is 6.04. The number of benzene rings is 1. The number of carbonyl (C=O) groups is 2. The van der Waals surface area contributed by atoms with E-state index in [1.54, 1.807) is 16.9 Å². The van der Waals surface area contributed by atoms with Crippen molar-refractivity contribution in [3.63, 3.8) is 0 Å². The molecule has 0 radical (unpaired) electrons. The number of piperidine rings is 1. The third kappa shape index (κ3) is 3.42. The fourth-order valence-electron chi connectivity index (χ4n) is 3.11. The Balaban J connectivity index is 1.83. The minimum atomic E-state index is -0.668. The van der Waals surface area contributed by atoms with E-state index in [1.807, 2.05) is 13.0 Å². The third-order valence-corrected chi connectivity index (χ3v) is 4.43. The molecule has 1 fully saturated rings. The fraction of sp³-hybridized carbons (Fsp3) is 0.333. The van der Waals surface area contributed by atoms with E-state index in [4.69, 9.17) is 5.26 Å². The molecule has 0 spiro atoms. The second-order valence-corrected chi connectivity index (χ2v) is 6.04. The number of hydrogen-bond acceptors (Lipinski definition) is 4. The van der Waals surface area contributed by atoms with Gasteiger partial charge in [-0.05, 0) is 37.6 Å². The van der Waals surface area contributed by atoms with Gasteiger partial charge < -0.3 is 10.6 Å². The fourth-order valence-corrected chi connectivity index (χ4v) is 3.11. The molecule has 1 saturated heterocycles. The lowest BCUT2D eigenvalue weighted by atomic mass is 9.94. The highest BCUT2D eigenvalue weighted by molar-refractivity contribution is 5.95. The molecule has 7 nitrogen and oxygen atoms in total. The van der Waals surface area contributed by atoms with Crippen molar-refractivity contribution >= 4 is 11.8 Å². The summed E-state index contributed by atoms with van der Waals surface area (Å²) < 4.78 is 15.2. The Kier molecular flexibility index (Phi) is 4.98. The molecule has 2 N–H and O–H groups in total. The molecule has 1 aliphatic rings. The first-order valence-corrected chi connectivity index (χ1v) is 8.35. The quantitative estimate of drug-likeness (QED) is 0.871. The van der Waals surface area contributed by atoms with Crippen molar-refractivity contribution < 1.29 is 14.0 Å². The molecule has 0 aliphatic carbocycles. The van der Waals surface area contributed by atoms with Gasteiger partial charge in [0.05, 0.1) is 23.3 Å². The van der Waals surface area contributed by atoms with Crippen LogP contribution in [0.3, 0.4) is 0 Å². The molecule has 2 aromatic rings. The van der Waals surface area contributed by atoms with Gasteiger partial charge in [0.15, 0.2) is 0 Å². The maximum atomic E-state index is 13.5. The number of aryl methyl sites for hydroxylation is 1. The first-order chi connectivity index (χ1) is 12.5. The van der Waals surface area contributed by atoms with E-state index in [9.17, 15) is 14.0 Å². The highest BCUT2D eigenvalue weighted by Crippen LogP contribution is 2.24. The van der Waals surface area contributed by atoms with Gasteiger partial charge in [-0.25, -0.2) is 4.39 Å². The van der Waals surface area contributed by atoms with Crippen LogP contribution in [0.25, 0.3) is 0 Å². The minimum absolute atomic E-state index is 0.0853. The van der Waals surface area contributed by atoms with Crippen LogP contribution in [0.4, 0.5) is 4.39 Å². The van der Waals surface area contributed by atoms with Crippen LogP contribution in [-0.2, 0) is 11.3 Å². The van der Waals surface area contributed by atoms with Gasteiger partial charge in [0.2, 0.25) is 5.91 Å². The number of nitriles is 1. The zero-order valence-corrected chi connectivity index (χ0v) is 14.2. The normalized spacial score (nSPS) is 19.5. The van der Waals surface area contributed by atoms with Crippen molar-refractivity contribution in [3.8, 4) is 6.07 Å². The summed E-state index contributed by atoms with van der Waals surface area (Å²) in [6, 6.07) is 6.44. The maximum absolute atomic E-state index is 13.5. The van der Waals surface area contributed by atoms with Crippen molar-refractivity contribution in [1.29, 1.82) is 5.26 Å². The van der Waals surface area contributed by atoms with Gasteiger partial charge in [-0.1, -0.05) is 0 Å². The molecule has 2 heterocycles. The molecular weight excluding hydrogens is 337 g/mol. The molecule has 1 aromatic heterocycles. The molecule has 0 bridgehead atoms. The lowest BCUT2D eigenvalue weighted by Crippen LogP contribution is -2.50. The van der Waals surface area contributed by atoms with Crippen LogP contribution in [0.15, 0.2) is 30.5 Å². The molecule has 1 aliphatic heterocycles. The zero-order valence-electron chi connectivity index (χ0n) is 14.2. The van der Waals surface area contributed by atoms with E-state index in [-0.39, 0.29) is 23.1 Å². The summed E-state index contributed by atoms with van der Waals surface area (Å²) >= 11 is 0. The predicted molar refractivity (Wildman–Crippen MR) is 90.4 cm³/mol. The summed E-state index contributed by atoms with van der Waals surface area (Å²) in [5.41, 5.74) is 0.820. The van der Waals surface area contributed by atoms with Crippen molar-refractivity contribution in [2.45, 2.75) is 38.4 Å². The number of carbonyl (C=O) groups excluding carboxylic acids is 2. The van der Waals surface area contributed by atoms with E-state index in [2.05, 4.69) is 15.7 Å². The summed E-state index contributed by atoms with van der Waals surface area (Å²) in [5.74, 6) is -1.17. The lowest BCUT2D eigenvalue weighted by molar-refractivity contribution is -0.123. The standard InChI is InChI=1S/C18H18FN5O2/c1-2-24-15(7-8-21-24)17-14(5-6-16(25)23-17)22-18(26)11-3-4-13(19)12(9-11)10-20/h3-4,7-9,14,17H,2,5-6H2,1H3,(H,22,26)(H,23,25).